The Hall–Kier alpha value is -1.35. The van der Waals surface area contributed by atoms with Crippen molar-refractivity contribution in [3.05, 3.63) is 35.4 Å². The van der Waals surface area contributed by atoms with Crippen LogP contribution >= 0.6 is 0 Å². The van der Waals surface area contributed by atoms with E-state index in [0.717, 1.165) is 25.7 Å². The highest BCUT2D eigenvalue weighted by atomic mass is 16.2. The van der Waals surface area contributed by atoms with E-state index in [2.05, 4.69) is 24.3 Å². The van der Waals surface area contributed by atoms with Gasteiger partial charge in [0, 0.05) is 13.5 Å². The van der Waals surface area contributed by atoms with Crippen molar-refractivity contribution in [1.29, 1.82) is 0 Å². The van der Waals surface area contributed by atoms with Crippen LogP contribution in [-0.4, -0.2) is 24.4 Å². The van der Waals surface area contributed by atoms with Crippen molar-refractivity contribution in [2.24, 2.45) is 5.73 Å². The molecule has 0 heterocycles. The van der Waals surface area contributed by atoms with Gasteiger partial charge in [0.25, 0.3) is 0 Å². The monoisotopic (exact) mass is 246 g/mol. The highest BCUT2D eigenvalue weighted by molar-refractivity contribution is 5.76. The molecule has 0 spiro atoms. The average molecular weight is 246 g/mol. The molecule has 98 valence electrons. The topological polar surface area (TPSA) is 46.3 Å². The normalized spacial score (nSPS) is 18.2. The van der Waals surface area contributed by atoms with E-state index in [1.54, 1.807) is 0 Å². The van der Waals surface area contributed by atoms with Crippen LogP contribution in [0.25, 0.3) is 0 Å². The Bertz CT molecular complexity index is 417. The quantitative estimate of drug-likeness (QED) is 0.885. The zero-order chi connectivity index (χ0) is 13.0. The minimum atomic E-state index is 0.210. The molecule has 3 nitrogen and oxygen atoms in total. The van der Waals surface area contributed by atoms with E-state index in [1.165, 1.54) is 11.1 Å². The van der Waals surface area contributed by atoms with E-state index in [9.17, 15) is 4.79 Å². The molecule has 0 saturated carbocycles. The van der Waals surface area contributed by atoms with Crippen LogP contribution in [0, 0.1) is 0 Å². The molecule has 1 amide bonds. The molecule has 1 aliphatic carbocycles. The summed E-state index contributed by atoms with van der Waals surface area (Å²) in [5.41, 5.74) is 8.18. The number of carbonyl (C=O) groups excluding carboxylic acids is 1. The molecule has 0 radical (unpaired) electrons. The predicted octanol–water partition coefficient (Wildman–Crippen LogP) is 2.26. The minimum absolute atomic E-state index is 0.210. The molecule has 1 atom stereocenters. The van der Waals surface area contributed by atoms with E-state index in [-0.39, 0.29) is 11.9 Å². The zero-order valence-corrected chi connectivity index (χ0v) is 11.1. The van der Waals surface area contributed by atoms with Gasteiger partial charge in [-0.2, -0.15) is 0 Å². The number of fused-ring (bicyclic) bond motifs is 1. The number of amides is 1. The Balaban J connectivity index is 2.12. The van der Waals surface area contributed by atoms with Crippen molar-refractivity contribution in [2.75, 3.05) is 13.6 Å². The van der Waals surface area contributed by atoms with E-state index >= 15 is 0 Å². The summed E-state index contributed by atoms with van der Waals surface area (Å²) in [4.78, 5) is 14.0. The number of hydrogen-bond acceptors (Lipinski definition) is 2. The van der Waals surface area contributed by atoms with Crippen LogP contribution in [0.4, 0.5) is 0 Å². The van der Waals surface area contributed by atoms with Gasteiger partial charge in [0.15, 0.2) is 0 Å². The third-order valence-corrected chi connectivity index (χ3v) is 3.79. The molecular weight excluding hydrogens is 224 g/mol. The molecule has 0 saturated heterocycles. The zero-order valence-electron chi connectivity index (χ0n) is 11.1. The van der Waals surface area contributed by atoms with Crippen LogP contribution in [0.5, 0.6) is 0 Å². The van der Waals surface area contributed by atoms with Gasteiger partial charge < -0.3 is 10.6 Å². The fourth-order valence-electron chi connectivity index (χ4n) is 2.73. The molecule has 1 aromatic carbocycles. The molecule has 1 unspecified atom stereocenters. The number of nitrogens with two attached hydrogens (primary N) is 1. The van der Waals surface area contributed by atoms with Crippen LogP contribution in [-0.2, 0) is 11.2 Å². The molecule has 2 rings (SSSR count). The Morgan fingerprint density at radius 3 is 3.00 bits per heavy atom. The summed E-state index contributed by atoms with van der Waals surface area (Å²) in [5, 5.41) is 0. The number of carbonyl (C=O) groups is 1. The molecule has 0 bridgehead atoms. The third kappa shape index (κ3) is 2.72. The maximum atomic E-state index is 12.1. The molecule has 0 aromatic heterocycles. The molecule has 18 heavy (non-hydrogen) atoms. The summed E-state index contributed by atoms with van der Waals surface area (Å²) in [5.74, 6) is 0.210. The first-order valence-electron chi connectivity index (χ1n) is 6.77. The number of benzene rings is 1. The third-order valence-electron chi connectivity index (χ3n) is 3.79. The summed E-state index contributed by atoms with van der Waals surface area (Å²) >= 11 is 0. The minimum Gasteiger partial charge on any atom is -0.339 e. The van der Waals surface area contributed by atoms with Gasteiger partial charge in [-0.25, -0.2) is 0 Å². The van der Waals surface area contributed by atoms with Crippen molar-refractivity contribution >= 4 is 5.91 Å². The maximum Gasteiger partial charge on any atom is 0.222 e. The van der Waals surface area contributed by atoms with Crippen LogP contribution in [0.2, 0.25) is 0 Å². The highest BCUT2D eigenvalue weighted by Gasteiger charge is 2.25. The van der Waals surface area contributed by atoms with E-state index < -0.39 is 0 Å². The SMILES string of the molecule is CN(C(=O)CCCN)C1CCCc2ccccc21. The lowest BCUT2D eigenvalue weighted by atomic mass is 9.87. The van der Waals surface area contributed by atoms with Crippen molar-refractivity contribution in [3.8, 4) is 0 Å². The Morgan fingerprint density at radius 1 is 1.44 bits per heavy atom. The van der Waals surface area contributed by atoms with E-state index in [0.29, 0.717) is 13.0 Å². The van der Waals surface area contributed by atoms with Gasteiger partial charge in [-0.3, -0.25) is 4.79 Å². The lowest BCUT2D eigenvalue weighted by Gasteiger charge is -2.33. The standard InChI is InChI=1S/C15H22N2O/c1-17(15(18)10-5-11-16)14-9-4-7-12-6-2-3-8-13(12)14/h2-3,6,8,14H,4-5,7,9-11,16H2,1H3. The summed E-state index contributed by atoms with van der Waals surface area (Å²) in [6.07, 6.45) is 4.71. The second kappa shape index (κ2) is 6.01. The first kappa shape index (κ1) is 13.1. The summed E-state index contributed by atoms with van der Waals surface area (Å²) < 4.78 is 0. The van der Waals surface area contributed by atoms with Crippen LogP contribution in [0.15, 0.2) is 24.3 Å². The first-order valence-corrected chi connectivity index (χ1v) is 6.77. The molecule has 2 N–H and O–H groups in total. The van der Waals surface area contributed by atoms with Crippen molar-refractivity contribution in [1.82, 2.24) is 4.90 Å². The van der Waals surface area contributed by atoms with Gasteiger partial charge in [0.1, 0.15) is 0 Å². The van der Waals surface area contributed by atoms with Crippen LogP contribution in [0.3, 0.4) is 0 Å². The second-order valence-electron chi connectivity index (χ2n) is 5.00. The number of hydrogen-bond donors (Lipinski definition) is 1. The summed E-state index contributed by atoms with van der Waals surface area (Å²) in [7, 11) is 1.92. The highest BCUT2D eigenvalue weighted by Crippen LogP contribution is 2.33. The number of rotatable bonds is 4. The largest absolute Gasteiger partial charge is 0.339 e. The molecular formula is C15H22N2O. The number of nitrogens with zero attached hydrogens (tertiary/aromatic N) is 1. The maximum absolute atomic E-state index is 12.1. The van der Waals surface area contributed by atoms with Crippen LogP contribution in [0.1, 0.15) is 42.9 Å². The van der Waals surface area contributed by atoms with Gasteiger partial charge in [0.05, 0.1) is 6.04 Å². The molecule has 0 aliphatic heterocycles. The van der Waals surface area contributed by atoms with E-state index in [1.807, 2.05) is 11.9 Å². The first-order chi connectivity index (χ1) is 8.74. The molecule has 0 fully saturated rings. The van der Waals surface area contributed by atoms with Gasteiger partial charge in [0.2, 0.25) is 5.91 Å². The Labute approximate surface area is 109 Å². The van der Waals surface area contributed by atoms with Crippen molar-refractivity contribution < 1.29 is 4.79 Å². The molecule has 3 heteroatoms. The van der Waals surface area contributed by atoms with Gasteiger partial charge in [-0.15, -0.1) is 0 Å². The molecule has 1 aliphatic rings. The summed E-state index contributed by atoms with van der Waals surface area (Å²) in [6, 6.07) is 8.73. The van der Waals surface area contributed by atoms with Gasteiger partial charge in [-0.1, -0.05) is 24.3 Å². The average Bonchev–Trinajstić information content (AvgIpc) is 2.43. The Morgan fingerprint density at radius 2 is 2.22 bits per heavy atom. The van der Waals surface area contributed by atoms with E-state index in [4.69, 9.17) is 5.73 Å². The van der Waals surface area contributed by atoms with Gasteiger partial charge >= 0.3 is 0 Å². The number of aryl methyl sites for hydroxylation is 1. The van der Waals surface area contributed by atoms with Crippen molar-refractivity contribution in [3.63, 3.8) is 0 Å². The fraction of sp³-hybridized carbons (Fsp3) is 0.533. The smallest absolute Gasteiger partial charge is 0.222 e. The second-order valence-corrected chi connectivity index (χ2v) is 5.00. The van der Waals surface area contributed by atoms with Gasteiger partial charge in [-0.05, 0) is 43.4 Å². The fourth-order valence-corrected chi connectivity index (χ4v) is 2.73. The molecule has 1 aromatic rings. The Kier molecular flexibility index (Phi) is 4.37. The van der Waals surface area contributed by atoms with Crippen molar-refractivity contribution in [2.45, 2.75) is 38.1 Å². The lowest BCUT2D eigenvalue weighted by Crippen LogP contribution is -2.33. The van der Waals surface area contributed by atoms with Crippen LogP contribution < -0.4 is 5.73 Å². The predicted molar refractivity (Wildman–Crippen MR) is 73.2 cm³/mol. The summed E-state index contributed by atoms with van der Waals surface area (Å²) in [6.45, 7) is 0.584. The lowest BCUT2D eigenvalue weighted by molar-refractivity contribution is -0.132.